The summed E-state index contributed by atoms with van der Waals surface area (Å²) in [5, 5.41) is 6.70. The average molecular weight is 393 g/mol. The van der Waals surface area contributed by atoms with Crippen molar-refractivity contribution < 1.29 is 4.79 Å². The molecule has 0 spiro atoms. The number of aryl methyl sites for hydroxylation is 1. The number of guanidine groups is 1. The molecule has 2 N–H and O–H groups in total. The summed E-state index contributed by atoms with van der Waals surface area (Å²) in [7, 11) is 0. The van der Waals surface area contributed by atoms with Crippen LogP contribution in [0.4, 0.5) is 5.69 Å². The zero-order chi connectivity index (χ0) is 19.8. The average Bonchev–Trinajstić information content (AvgIpc) is 2.73. The predicted octanol–water partition coefficient (Wildman–Crippen LogP) is 4.70. The first-order valence-corrected chi connectivity index (χ1v) is 9.38. The van der Waals surface area contributed by atoms with Crippen molar-refractivity contribution in [3.63, 3.8) is 0 Å². The van der Waals surface area contributed by atoms with Gasteiger partial charge in [0.1, 0.15) is 0 Å². The summed E-state index contributed by atoms with van der Waals surface area (Å²) in [6, 6.07) is 18.5. The van der Waals surface area contributed by atoms with Gasteiger partial charge in [-0.15, -0.1) is 0 Å². The van der Waals surface area contributed by atoms with Crippen LogP contribution >= 0.6 is 11.6 Å². The SMILES string of the molecule is CCc1ccccc1NC(=NCc1ccncc1)NC(=O)c1ccc(Cl)cc1. The Morgan fingerprint density at radius 1 is 1.04 bits per heavy atom. The number of para-hydroxylation sites is 1. The van der Waals surface area contributed by atoms with Crippen molar-refractivity contribution in [2.24, 2.45) is 4.99 Å². The van der Waals surface area contributed by atoms with Crippen molar-refractivity contribution in [1.82, 2.24) is 10.3 Å². The highest BCUT2D eigenvalue weighted by Gasteiger charge is 2.11. The molecule has 0 unspecified atom stereocenters. The molecule has 1 aromatic heterocycles. The molecule has 0 fully saturated rings. The number of nitrogens with one attached hydrogen (secondary N) is 2. The van der Waals surface area contributed by atoms with Crippen LogP contribution in [0.1, 0.15) is 28.4 Å². The molecule has 5 nitrogen and oxygen atoms in total. The molecule has 0 aliphatic carbocycles. The van der Waals surface area contributed by atoms with E-state index in [0.29, 0.717) is 23.1 Å². The maximum absolute atomic E-state index is 12.6. The maximum atomic E-state index is 12.6. The van der Waals surface area contributed by atoms with Crippen LogP contribution in [0.5, 0.6) is 0 Å². The Hall–Kier alpha value is -3.18. The monoisotopic (exact) mass is 392 g/mol. The molecule has 0 aliphatic rings. The van der Waals surface area contributed by atoms with Crippen LogP contribution in [0.25, 0.3) is 0 Å². The lowest BCUT2D eigenvalue weighted by Crippen LogP contribution is -2.36. The number of hydrogen-bond donors (Lipinski definition) is 2. The summed E-state index contributed by atoms with van der Waals surface area (Å²) in [4.78, 5) is 21.2. The van der Waals surface area contributed by atoms with E-state index < -0.39 is 0 Å². The number of amides is 1. The van der Waals surface area contributed by atoms with Gasteiger partial charge in [0.15, 0.2) is 0 Å². The minimum absolute atomic E-state index is 0.258. The highest BCUT2D eigenvalue weighted by Crippen LogP contribution is 2.16. The highest BCUT2D eigenvalue weighted by atomic mass is 35.5. The van der Waals surface area contributed by atoms with E-state index in [1.807, 2.05) is 36.4 Å². The fourth-order valence-corrected chi connectivity index (χ4v) is 2.75. The number of pyridine rings is 1. The van der Waals surface area contributed by atoms with Gasteiger partial charge in [-0.05, 0) is 60.0 Å². The number of halogens is 1. The second-order valence-corrected chi connectivity index (χ2v) is 6.55. The molecular weight excluding hydrogens is 372 g/mol. The molecule has 28 heavy (non-hydrogen) atoms. The summed E-state index contributed by atoms with van der Waals surface area (Å²) in [5.41, 5.74) is 3.56. The van der Waals surface area contributed by atoms with Crippen LogP contribution < -0.4 is 10.6 Å². The van der Waals surface area contributed by atoms with E-state index in [4.69, 9.17) is 11.6 Å². The van der Waals surface area contributed by atoms with Crippen LogP contribution in [0.15, 0.2) is 78.0 Å². The van der Waals surface area contributed by atoms with Crippen LogP contribution in [0.2, 0.25) is 5.02 Å². The molecule has 0 bridgehead atoms. The quantitative estimate of drug-likeness (QED) is 0.488. The largest absolute Gasteiger partial charge is 0.326 e. The first kappa shape index (κ1) is 19.6. The standard InChI is InChI=1S/C22H21ClN4O/c1-2-17-5-3-4-6-20(17)26-22(25-15-16-11-13-24-14-12-16)27-21(28)18-7-9-19(23)10-8-18/h3-14H,2,15H2,1H3,(H2,25,26,27,28). The highest BCUT2D eigenvalue weighted by molar-refractivity contribution is 6.30. The number of hydrogen-bond acceptors (Lipinski definition) is 3. The van der Waals surface area contributed by atoms with Gasteiger partial charge in [0.2, 0.25) is 5.96 Å². The first-order valence-electron chi connectivity index (χ1n) is 9.01. The Labute approximate surface area is 169 Å². The van der Waals surface area contributed by atoms with Crippen molar-refractivity contribution in [2.75, 3.05) is 5.32 Å². The number of anilines is 1. The van der Waals surface area contributed by atoms with Crippen molar-refractivity contribution in [3.8, 4) is 0 Å². The Bertz CT molecular complexity index is 956. The number of nitrogens with zero attached hydrogens (tertiary/aromatic N) is 2. The lowest BCUT2D eigenvalue weighted by Gasteiger charge is -2.14. The molecule has 0 saturated heterocycles. The number of aromatic nitrogens is 1. The third kappa shape index (κ3) is 5.41. The zero-order valence-corrected chi connectivity index (χ0v) is 16.3. The van der Waals surface area contributed by atoms with E-state index in [0.717, 1.165) is 23.2 Å². The van der Waals surface area contributed by atoms with Gasteiger partial charge in [0.05, 0.1) is 6.54 Å². The lowest BCUT2D eigenvalue weighted by molar-refractivity contribution is 0.0977. The zero-order valence-electron chi connectivity index (χ0n) is 15.5. The van der Waals surface area contributed by atoms with Gasteiger partial charge >= 0.3 is 0 Å². The molecule has 3 aromatic rings. The Balaban J connectivity index is 1.83. The van der Waals surface area contributed by atoms with Gasteiger partial charge in [-0.1, -0.05) is 36.7 Å². The van der Waals surface area contributed by atoms with Gasteiger partial charge in [0, 0.05) is 28.7 Å². The molecule has 0 aliphatic heterocycles. The molecule has 0 saturated carbocycles. The topological polar surface area (TPSA) is 66.4 Å². The first-order chi connectivity index (χ1) is 13.7. The summed E-state index contributed by atoms with van der Waals surface area (Å²) in [6.07, 6.45) is 4.30. The minimum atomic E-state index is -0.258. The van der Waals surface area contributed by atoms with Crippen molar-refractivity contribution in [1.29, 1.82) is 0 Å². The molecule has 1 amide bonds. The molecule has 3 rings (SSSR count). The van der Waals surface area contributed by atoms with E-state index >= 15 is 0 Å². The van der Waals surface area contributed by atoms with E-state index in [1.165, 1.54) is 0 Å². The van der Waals surface area contributed by atoms with Gasteiger partial charge in [-0.3, -0.25) is 15.1 Å². The van der Waals surface area contributed by atoms with Crippen LogP contribution in [0.3, 0.4) is 0 Å². The molecule has 0 atom stereocenters. The van der Waals surface area contributed by atoms with Crippen molar-refractivity contribution in [3.05, 3.63) is 94.8 Å². The lowest BCUT2D eigenvalue weighted by atomic mass is 10.1. The number of benzene rings is 2. The summed E-state index contributed by atoms with van der Waals surface area (Å²) in [5.74, 6) is 0.129. The fraction of sp³-hybridized carbons (Fsp3) is 0.136. The third-order valence-corrected chi connectivity index (χ3v) is 4.41. The van der Waals surface area contributed by atoms with E-state index in [1.54, 1.807) is 36.7 Å². The predicted molar refractivity (Wildman–Crippen MR) is 114 cm³/mol. The van der Waals surface area contributed by atoms with E-state index in [2.05, 4.69) is 27.5 Å². The third-order valence-electron chi connectivity index (χ3n) is 4.16. The fourth-order valence-electron chi connectivity index (χ4n) is 2.63. The Morgan fingerprint density at radius 2 is 1.75 bits per heavy atom. The second kappa shape index (κ2) is 9.67. The van der Waals surface area contributed by atoms with Crippen LogP contribution in [-0.2, 0) is 13.0 Å². The Kier molecular flexibility index (Phi) is 6.76. The van der Waals surface area contributed by atoms with Crippen molar-refractivity contribution >= 4 is 29.2 Å². The van der Waals surface area contributed by atoms with E-state index in [9.17, 15) is 4.79 Å². The number of carbonyl (C=O) groups is 1. The smallest absolute Gasteiger partial charge is 0.257 e. The minimum Gasteiger partial charge on any atom is -0.326 e. The summed E-state index contributed by atoms with van der Waals surface area (Å²) < 4.78 is 0. The molecule has 142 valence electrons. The van der Waals surface area contributed by atoms with Gasteiger partial charge in [-0.2, -0.15) is 0 Å². The van der Waals surface area contributed by atoms with Gasteiger partial charge in [0.25, 0.3) is 5.91 Å². The number of rotatable bonds is 5. The van der Waals surface area contributed by atoms with Crippen molar-refractivity contribution in [2.45, 2.75) is 19.9 Å². The van der Waals surface area contributed by atoms with E-state index in [-0.39, 0.29) is 5.91 Å². The summed E-state index contributed by atoms with van der Waals surface area (Å²) in [6.45, 7) is 2.50. The Morgan fingerprint density at radius 3 is 2.46 bits per heavy atom. The normalized spacial score (nSPS) is 11.1. The molecule has 6 heteroatoms. The molecule has 1 heterocycles. The van der Waals surface area contributed by atoms with Gasteiger partial charge in [-0.25, -0.2) is 4.99 Å². The molecule has 2 aromatic carbocycles. The maximum Gasteiger partial charge on any atom is 0.257 e. The molecular formula is C22H21ClN4O. The van der Waals surface area contributed by atoms with Gasteiger partial charge < -0.3 is 5.32 Å². The number of carbonyl (C=O) groups excluding carboxylic acids is 1. The molecule has 0 radical (unpaired) electrons. The van der Waals surface area contributed by atoms with Crippen LogP contribution in [-0.4, -0.2) is 16.9 Å². The second-order valence-electron chi connectivity index (χ2n) is 6.12. The summed E-state index contributed by atoms with van der Waals surface area (Å²) >= 11 is 5.91. The number of aliphatic imine (C=N–C) groups is 1. The van der Waals surface area contributed by atoms with Crippen LogP contribution in [0, 0.1) is 0 Å².